The fraction of sp³-hybridized carbons (Fsp3) is 0.182. The molecule has 50 heavy (non-hydrogen) atoms. The van der Waals surface area contributed by atoms with E-state index in [1.165, 1.54) is 0 Å². The Kier molecular flexibility index (Phi) is 11.3. The number of hydrogen-bond donors (Lipinski definition) is 0. The van der Waals surface area contributed by atoms with E-state index in [9.17, 15) is 0 Å². The van der Waals surface area contributed by atoms with Gasteiger partial charge in [0.05, 0.1) is 0 Å². The van der Waals surface area contributed by atoms with E-state index in [2.05, 4.69) is 159 Å². The van der Waals surface area contributed by atoms with Crippen LogP contribution in [0.5, 0.6) is 0 Å². The summed E-state index contributed by atoms with van der Waals surface area (Å²) in [6.07, 6.45) is 5.03. The van der Waals surface area contributed by atoms with Gasteiger partial charge in [0.25, 0.3) is 0 Å². The molecule has 0 bridgehead atoms. The van der Waals surface area contributed by atoms with E-state index in [1.54, 1.807) is 0 Å². The molecule has 3 nitrogen and oxygen atoms in total. The van der Waals surface area contributed by atoms with Crippen LogP contribution in [0, 0.1) is 0 Å². The van der Waals surface area contributed by atoms with E-state index in [1.807, 2.05) is 36.4 Å². The van der Waals surface area contributed by atoms with Gasteiger partial charge in [-0.2, -0.15) is 0 Å². The normalized spacial score (nSPS) is 14.1. The standard InChI is InChI=1S/C44H48O3P2S/c1-3-5-37-48(39-25-13-7-14-26-39,40-27-15-8-16-28-40,41-29-17-9-18-30-41)46-50(45)47-49(38-6-4-2,42-31-19-10-20-32-42,43-33-21-11-22-34-43)44-35-23-12-24-36-44/h7-36H,3-6,37-38H2,1-2H3. The Bertz CT molecular complexity index is 1620. The Hall–Kier alpha value is -3.75. The first-order valence-corrected chi connectivity index (χ1v) is 23.4. The summed E-state index contributed by atoms with van der Waals surface area (Å²) >= 11 is -2.23. The third-order valence-corrected chi connectivity index (χ3v) is 24.4. The summed E-state index contributed by atoms with van der Waals surface area (Å²) in [4.78, 5) is 0. The van der Waals surface area contributed by atoms with Gasteiger partial charge in [-0.05, 0) is 0 Å². The molecular weight excluding hydrogens is 670 g/mol. The summed E-state index contributed by atoms with van der Waals surface area (Å²) in [7, 11) is 0. The van der Waals surface area contributed by atoms with Gasteiger partial charge in [0.1, 0.15) is 0 Å². The topological polar surface area (TPSA) is 35.5 Å². The molecule has 0 aromatic heterocycles. The first-order valence-electron chi connectivity index (χ1n) is 17.7. The number of benzene rings is 6. The summed E-state index contributed by atoms with van der Waals surface area (Å²) in [6.45, 7) is -3.52. The molecule has 0 aliphatic heterocycles. The molecular formula is C44H48O3P2S. The predicted molar refractivity (Wildman–Crippen MR) is 220 cm³/mol. The van der Waals surface area contributed by atoms with Gasteiger partial charge in [0.2, 0.25) is 0 Å². The van der Waals surface area contributed by atoms with Crippen molar-refractivity contribution in [1.82, 2.24) is 0 Å². The molecule has 6 aromatic carbocycles. The van der Waals surface area contributed by atoms with E-state index >= 15 is 4.21 Å². The summed E-state index contributed by atoms with van der Waals surface area (Å²) in [5.41, 5.74) is 0. The maximum absolute atomic E-state index is 15.8. The summed E-state index contributed by atoms with van der Waals surface area (Å²) in [5, 5.41) is 6.22. The van der Waals surface area contributed by atoms with Crippen molar-refractivity contribution < 1.29 is 12.1 Å². The monoisotopic (exact) mass is 718 g/mol. The molecule has 6 rings (SSSR count). The molecule has 0 N–H and O–H groups in total. The van der Waals surface area contributed by atoms with Gasteiger partial charge in [0.15, 0.2) is 0 Å². The van der Waals surface area contributed by atoms with Gasteiger partial charge in [-0.25, -0.2) is 0 Å². The minimum atomic E-state index is -3.97. The molecule has 0 fully saturated rings. The van der Waals surface area contributed by atoms with Crippen molar-refractivity contribution in [3.63, 3.8) is 0 Å². The Morgan fingerprint density at radius 2 is 0.580 bits per heavy atom. The Balaban J connectivity index is 1.70. The zero-order valence-corrected chi connectivity index (χ0v) is 31.7. The van der Waals surface area contributed by atoms with Crippen LogP contribution in [0.2, 0.25) is 0 Å². The summed E-state index contributed by atoms with van der Waals surface area (Å²) in [6, 6.07) is 63.0. The van der Waals surface area contributed by atoms with Gasteiger partial charge in [-0.1, -0.05) is 0 Å². The van der Waals surface area contributed by atoms with Crippen molar-refractivity contribution >= 4 is 56.8 Å². The summed E-state index contributed by atoms with van der Waals surface area (Å²) < 4.78 is 31.0. The molecule has 0 aliphatic carbocycles. The fourth-order valence-electron chi connectivity index (χ4n) is 7.66. The number of hydrogen-bond acceptors (Lipinski definition) is 3. The molecule has 0 saturated heterocycles. The molecule has 0 radical (unpaired) electrons. The van der Waals surface area contributed by atoms with Gasteiger partial charge in [-0.3, -0.25) is 0 Å². The van der Waals surface area contributed by atoms with Crippen molar-refractivity contribution in [2.24, 2.45) is 0 Å². The van der Waals surface area contributed by atoms with Gasteiger partial charge < -0.3 is 0 Å². The second-order valence-corrected chi connectivity index (χ2v) is 23.4. The molecule has 6 heteroatoms. The molecule has 0 saturated carbocycles. The van der Waals surface area contributed by atoms with Crippen molar-refractivity contribution in [2.45, 2.75) is 39.5 Å². The van der Waals surface area contributed by atoms with Crippen LogP contribution in [0.3, 0.4) is 0 Å². The fourth-order valence-corrected chi connectivity index (χ4v) is 22.8. The zero-order valence-electron chi connectivity index (χ0n) is 29.1. The molecule has 0 spiro atoms. The van der Waals surface area contributed by atoms with Crippen LogP contribution >= 0.6 is 13.7 Å². The van der Waals surface area contributed by atoms with Crippen LogP contribution in [0.15, 0.2) is 182 Å². The number of rotatable bonds is 16. The molecule has 6 aromatic rings. The first kappa shape index (κ1) is 36.1. The third kappa shape index (κ3) is 6.12. The molecule has 0 heterocycles. The second kappa shape index (κ2) is 15.6. The van der Waals surface area contributed by atoms with Crippen LogP contribution in [0.25, 0.3) is 0 Å². The van der Waals surface area contributed by atoms with E-state index in [0.717, 1.165) is 57.5 Å². The molecule has 0 amide bonds. The van der Waals surface area contributed by atoms with Gasteiger partial charge >= 0.3 is 303 Å². The molecule has 0 atom stereocenters. The van der Waals surface area contributed by atoms with Crippen LogP contribution < -0.4 is 31.8 Å². The first-order chi connectivity index (χ1) is 24.5. The maximum atomic E-state index is 15.8. The Morgan fingerprint density at radius 3 is 0.760 bits per heavy atom. The van der Waals surface area contributed by atoms with Crippen LogP contribution in [-0.4, -0.2) is 16.5 Å². The van der Waals surface area contributed by atoms with E-state index in [4.69, 9.17) is 7.94 Å². The number of unbranched alkanes of at least 4 members (excludes halogenated alkanes) is 2. The third-order valence-electron chi connectivity index (χ3n) is 10.1. The van der Waals surface area contributed by atoms with Gasteiger partial charge in [0, 0.05) is 0 Å². The van der Waals surface area contributed by atoms with E-state index in [-0.39, 0.29) is 0 Å². The van der Waals surface area contributed by atoms with E-state index in [0.29, 0.717) is 12.3 Å². The predicted octanol–water partition coefficient (Wildman–Crippen LogP) is 9.09. The quantitative estimate of drug-likeness (QED) is 0.0938. The van der Waals surface area contributed by atoms with Crippen LogP contribution in [0.1, 0.15) is 39.5 Å². The zero-order chi connectivity index (χ0) is 34.8. The average molecular weight is 719 g/mol. The summed E-state index contributed by atoms with van der Waals surface area (Å²) in [5.74, 6) is 0. The average Bonchev–Trinajstić information content (AvgIpc) is 3.20. The van der Waals surface area contributed by atoms with Crippen molar-refractivity contribution in [2.75, 3.05) is 12.3 Å². The van der Waals surface area contributed by atoms with Crippen molar-refractivity contribution in [3.8, 4) is 0 Å². The molecule has 258 valence electrons. The van der Waals surface area contributed by atoms with Gasteiger partial charge in [-0.15, -0.1) is 0 Å². The van der Waals surface area contributed by atoms with E-state index < -0.39 is 25.0 Å². The second-order valence-electron chi connectivity index (χ2n) is 12.9. The minimum absolute atomic E-state index is 0.683. The van der Waals surface area contributed by atoms with Crippen molar-refractivity contribution in [3.05, 3.63) is 182 Å². The SMILES string of the molecule is CCCCP(OS(=O)OP(CCCC)(c1ccccc1)(c1ccccc1)c1ccccc1)(c1ccccc1)(c1ccccc1)c1ccccc1. The molecule has 0 aliphatic rings. The van der Waals surface area contributed by atoms with Crippen LogP contribution in [-0.2, 0) is 19.3 Å². The van der Waals surface area contributed by atoms with Crippen molar-refractivity contribution in [1.29, 1.82) is 0 Å². The Morgan fingerprint density at radius 1 is 0.380 bits per heavy atom. The Labute approximate surface area is 301 Å². The molecule has 0 unspecified atom stereocenters. The van der Waals surface area contributed by atoms with Crippen LogP contribution in [0.4, 0.5) is 0 Å².